The molecule has 3 N–H and O–H groups in total. The van der Waals surface area contributed by atoms with Crippen molar-refractivity contribution in [3.05, 3.63) is 0 Å². The summed E-state index contributed by atoms with van der Waals surface area (Å²) in [4.78, 5) is 0. The molecule has 1 saturated carbocycles. The summed E-state index contributed by atoms with van der Waals surface area (Å²) in [5.41, 5.74) is 6.46. The zero-order chi connectivity index (χ0) is 7.03. The van der Waals surface area contributed by atoms with Crippen molar-refractivity contribution < 1.29 is 0 Å². The van der Waals surface area contributed by atoms with E-state index in [1.54, 1.807) is 0 Å². The molecule has 10 heavy (non-hydrogen) atoms. The minimum absolute atomic E-state index is 0.535. The third-order valence-corrected chi connectivity index (χ3v) is 3.08. The summed E-state index contributed by atoms with van der Waals surface area (Å²) in [7, 11) is 0. The molecule has 2 rings (SSSR count). The van der Waals surface area contributed by atoms with E-state index < -0.39 is 0 Å². The van der Waals surface area contributed by atoms with Crippen LogP contribution in [0.15, 0.2) is 0 Å². The molecule has 2 heteroatoms. The van der Waals surface area contributed by atoms with Gasteiger partial charge in [-0.25, -0.2) is 0 Å². The number of hydrogen-bond donors (Lipinski definition) is 2. The summed E-state index contributed by atoms with van der Waals surface area (Å²) in [5, 5.41) is 3.41. The third-order valence-electron chi connectivity index (χ3n) is 3.08. The van der Waals surface area contributed by atoms with Crippen molar-refractivity contribution in [2.24, 2.45) is 11.1 Å². The SMILES string of the molecule is NC1CC12CCCNCC2. The van der Waals surface area contributed by atoms with Crippen LogP contribution in [0.2, 0.25) is 0 Å². The monoisotopic (exact) mass is 140 g/mol. The fourth-order valence-electron chi connectivity index (χ4n) is 2.11. The second kappa shape index (κ2) is 2.21. The summed E-state index contributed by atoms with van der Waals surface area (Å²) in [5.74, 6) is 0. The highest BCUT2D eigenvalue weighted by Gasteiger charge is 2.50. The Morgan fingerprint density at radius 2 is 2.10 bits per heavy atom. The lowest BCUT2D eigenvalue weighted by atomic mass is 9.97. The first-order chi connectivity index (χ1) is 4.83. The summed E-state index contributed by atoms with van der Waals surface area (Å²) >= 11 is 0. The van der Waals surface area contributed by atoms with E-state index in [0.29, 0.717) is 11.5 Å². The second-order valence-corrected chi connectivity index (χ2v) is 3.78. The van der Waals surface area contributed by atoms with Gasteiger partial charge in [0.15, 0.2) is 0 Å². The molecule has 2 nitrogen and oxygen atoms in total. The first-order valence-corrected chi connectivity index (χ1v) is 4.30. The zero-order valence-corrected chi connectivity index (χ0v) is 6.40. The van der Waals surface area contributed by atoms with Crippen molar-refractivity contribution >= 4 is 0 Å². The highest BCUT2D eigenvalue weighted by Crippen LogP contribution is 2.51. The van der Waals surface area contributed by atoms with Gasteiger partial charge in [0, 0.05) is 6.04 Å². The predicted octanol–water partition coefficient (Wildman–Crippen LogP) is 0.477. The molecular weight excluding hydrogens is 124 g/mol. The van der Waals surface area contributed by atoms with Gasteiger partial charge in [-0.1, -0.05) is 0 Å². The number of nitrogens with one attached hydrogen (secondary N) is 1. The van der Waals surface area contributed by atoms with E-state index in [4.69, 9.17) is 5.73 Å². The summed E-state index contributed by atoms with van der Waals surface area (Å²) < 4.78 is 0. The van der Waals surface area contributed by atoms with Gasteiger partial charge in [0.25, 0.3) is 0 Å². The van der Waals surface area contributed by atoms with E-state index in [2.05, 4.69) is 5.32 Å². The largest absolute Gasteiger partial charge is 0.327 e. The van der Waals surface area contributed by atoms with Crippen LogP contribution in [0, 0.1) is 5.41 Å². The zero-order valence-electron chi connectivity index (χ0n) is 6.40. The average Bonchev–Trinajstić information content (AvgIpc) is 2.60. The highest BCUT2D eigenvalue weighted by molar-refractivity contribution is 5.06. The van der Waals surface area contributed by atoms with Crippen LogP contribution in [0.25, 0.3) is 0 Å². The molecule has 2 unspecified atom stereocenters. The maximum Gasteiger partial charge on any atom is 0.0102 e. The van der Waals surface area contributed by atoms with Crippen molar-refractivity contribution in [2.45, 2.75) is 31.7 Å². The van der Waals surface area contributed by atoms with Crippen molar-refractivity contribution in [2.75, 3.05) is 13.1 Å². The van der Waals surface area contributed by atoms with Crippen LogP contribution in [0.5, 0.6) is 0 Å². The molecule has 0 amide bonds. The molecule has 2 fully saturated rings. The van der Waals surface area contributed by atoms with Crippen LogP contribution in [-0.2, 0) is 0 Å². The molecule has 1 spiro atoms. The van der Waals surface area contributed by atoms with E-state index >= 15 is 0 Å². The maximum atomic E-state index is 5.87. The topological polar surface area (TPSA) is 38.0 Å². The Morgan fingerprint density at radius 1 is 1.30 bits per heavy atom. The minimum Gasteiger partial charge on any atom is -0.327 e. The first kappa shape index (κ1) is 6.62. The number of rotatable bonds is 0. The highest BCUT2D eigenvalue weighted by atomic mass is 14.9. The Hall–Kier alpha value is -0.0800. The van der Waals surface area contributed by atoms with Gasteiger partial charge in [0.2, 0.25) is 0 Å². The quantitative estimate of drug-likeness (QED) is 0.513. The number of hydrogen-bond acceptors (Lipinski definition) is 2. The fourth-order valence-corrected chi connectivity index (χ4v) is 2.11. The van der Waals surface area contributed by atoms with Gasteiger partial charge in [0.1, 0.15) is 0 Å². The van der Waals surface area contributed by atoms with Gasteiger partial charge in [-0.05, 0) is 44.2 Å². The van der Waals surface area contributed by atoms with Crippen LogP contribution in [0.1, 0.15) is 25.7 Å². The molecule has 2 atom stereocenters. The molecular formula is C8H16N2. The molecule has 0 aromatic rings. The first-order valence-electron chi connectivity index (χ1n) is 4.30. The Kier molecular flexibility index (Phi) is 1.46. The lowest BCUT2D eigenvalue weighted by molar-refractivity contribution is 0.434. The van der Waals surface area contributed by atoms with Crippen molar-refractivity contribution in [3.8, 4) is 0 Å². The lowest BCUT2D eigenvalue weighted by Crippen LogP contribution is -2.17. The molecule has 1 aliphatic heterocycles. The van der Waals surface area contributed by atoms with Crippen LogP contribution in [-0.4, -0.2) is 19.1 Å². The number of nitrogens with two attached hydrogens (primary N) is 1. The third kappa shape index (κ3) is 0.956. The molecule has 0 radical (unpaired) electrons. The van der Waals surface area contributed by atoms with E-state index in [1.165, 1.54) is 38.8 Å². The molecule has 1 saturated heterocycles. The van der Waals surface area contributed by atoms with Crippen LogP contribution in [0.3, 0.4) is 0 Å². The van der Waals surface area contributed by atoms with Gasteiger partial charge in [-0.2, -0.15) is 0 Å². The second-order valence-electron chi connectivity index (χ2n) is 3.78. The van der Waals surface area contributed by atoms with Crippen molar-refractivity contribution in [1.29, 1.82) is 0 Å². The lowest BCUT2D eigenvalue weighted by Gasteiger charge is -2.10. The summed E-state index contributed by atoms with van der Waals surface area (Å²) in [6.45, 7) is 2.39. The molecule has 2 aliphatic rings. The predicted molar refractivity (Wildman–Crippen MR) is 41.7 cm³/mol. The smallest absolute Gasteiger partial charge is 0.0102 e. The molecule has 0 aromatic carbocycles. The summed E-state index contributed by atoms with van der Waals surface area (Å²) in [6.07, 6.45) is 5.29. The van der Waals surface area contributed by atoms with Gasteiger partial charge in [-0.3, -0.25) is 0 Å². The van der Waals surface area contributed by atoms with Gasteiger partial charge >= 0.3 is 0 Å². The van der Waals surface area contributed by atoms with Gasteiger partial charge in [0.05, 0.1) is 0 Å². The van der Waals surface area contributed by atoms with Crippen molar-refractivity contribution in [3.63, 3.8) is 0 Å². The molecule has 1 heterocycles. The summed E-state index contributed by atoms with van der Waals surface area (Å²) in [6, 6.07) is 0.535. The Labute approximate surface area is 62.2 Å². The Morgan fingerprint density at radius 3 is 2.80 bits per heavy atom. The van der Waals surface area contributed by atoms with Crippen molar-refractivity contribution in [1.82, 2.24) is 5.32 Å². The van der Waals surface area contributed by atoms with E-state index in [9.17, 15) is 0 Å². The molecule has 1 aliphatic carbocycles. The molecule has 0 aromatic heterocycles. The Balaban J connectivity index is 1.95. The van der Waals surface area contributed by atoms with Crippen LogP contribution >= 0.6 is 0 Å². The Bertz CT molecular complexity index is 125. The fraction of sp³-hybridized carbons (Fsp3) is 1.00. The molecule has 58 valence electrons. The molecule has 0 bridgehead atoms. The van der Waals surface area contributed by atoms with E-state index in [-0.39, 0.29) is 0 Å². The standard InChI is InChI=1S/C8H16N2/c9-7-6-8(7)2-1-4-10-5-3-8/h7,10H,1-6,9H2. The van der Waals surface area contributed by atoms with E-state index in [1.807, 2.05) is 0 Å². The normalized spacial score (nSPS) is 47.1. The minimum atomic E-state index is 0.535. The van der Waals surface area contributed by atoms with Gasteiger partial charge < -0.3 is 11.1 Å². The van der Waals surface area contributed by atoms with Crippen LogP contribution in [0.4, 0.5) is 0 Å². The van der Waals surface area contributed by atoms with E-state index in [0.717, 1.165) is 0 Å². The van der Waals surface area contributed by atoms with Crippen LogP contribution < -0.4 is 11.1 Å². The average molecular weight is 140 g/mol. The maximum absolute atomic E-state index is 5.87. The van der Waals surface area contributed by atoms with Gasteiger partial charge in [-0.15, -0.1) is 0 Å².